The monoisotopic (exact) mass is 342 g/mol. The normalized spacial score (nSPS) is 22.8. The van der Waals surface area contributed by atoms with E-state index in [0.29, 0.717) is 13.0 Å². The lowest BCUT2D eigenvalue weighted by Crippen LogP contribution is -2.39. The van der Waals surface area contributed by atoms with Crippen molar-refractivity contribution in [1.29, 1.82) is 0 Å². The van der Waals surface area contributed by atoms with Crippen molar-refractivity contribution in [3.05, 3.63) is 35.4 Å². The van der Waals surface area contributed by atoms with Gasteiger partial charge in [0.2, 0.25) is 0 Å². The van der Waals surface area contributed by atoms with Gasteiger partial charge in [0.05, 0.1) is 18.2 Å². The van der Waals surface area contributed by atoms with Crippen LogP contribution >= 0.6 is 0 Å². The number of halogens is 3. The van der Waals surface area contributed by atoms with Gasteiger partial charge in [0.25, 0.3) is 5.91 Å². The van der Waals surface area contributed by atoms with Crippen LogP contribution in [0.25, 0.3) is 0 Å². The number of alkyl halides is 3. The second kappa shape index (κ2) is 6.08. The lowest BCUT2D eigenvalue weighted by molar-refractivity contribution is -0.137. The summed E-state index contributed by atoms with van der Waals surface area (Å²) in [6, 6.07) is 3.16. The zero-order valence-electron chi connectivity index (χ0n) is 12.8. The Morgan fingerprint density at radius 1 is 1.17 bits per heavy atom. The number of imide groups is 1. The Kier molecular flexibility index (Phi) is 4.25. The zero-order chi connectivity index (χ0) is 17.5. The van der Waals surface area contributed by atoms with Gasteiger partial charge >= 0.3 is 12.2 Å². The molecule has 5 nitrogen and oxygen atoms in total. The van der Waals surface area contributed by atoms with Crippen LogP contribution in [0.15, 0.2) is 24.3 Å². The maximum absolute atomic E-state index is 12.6. The third kappa shape index (κ3) is 2.98. The van der Waals surface area contributed by atoms with Gasteiger partial charge in [-0.15, -0.1) is 0 Å². The van der Waals surface area contributed by atoms with Gasteiger partial charge in [-0.1, -0.05) is 12.1 Å². The highest BCUT2D eigenvalue weighted by Crippen LogP contribution is 2.31. The molecule has 2 fully saturated rings. The van der Waals surface area contributed by atoms with Crippen molar-refractivity contribution in [2.24, 2.45) is 0 Å². The minimum Gasteiger partial charge on any atom is -0.387 e. The summed E-state index contributed by atoms with van der Waals surface area (Å²) < 4.78 is 37.7. The van der Waals surface area contributed by atoms with Gasteiger partial charge in [-0.3, -0.25) is 9.69 Å². The summed E-state index contributed by atoms with van der Waals surface area (Å²) in [4.78, 5) is 27.1. The predicted octanol–water partition coefficient (Wildman–Crippen LogP) is 2.56. The van der Waals surface area contributed by atoms with Crippen molar-refractivity contribution >= 4 is 11.9 Å². The molecule has 0 aliphatic carbocycles. The molecule has 2 atom stereocenters. The number of carbonyl (C=O) groups excluding carboxylic acids is 2. The lowest BCUT2D eigenvalue weighted by atomic mass is 10.0. The van der Waals surface area contributed by atoms with Crippen LogP contribution in [0.1, 0.15) is 36.5 Å². The standard InChI is InChI=1S/C16H17F3N2O3/c17-16(18,19)11-6-4-10(5-7-11)13(22)9-21-14(23)12-3-1-2-8-20(12)15(21)24/h4-7,12-13,22H,1-3,8-9H2/t12-,13+/m0/s1. The van der Waals surface area contributed by atoms with Crippen molar-refractivity contribution in [1.82, 2.24) is 9.80 Å². The van der Waals surface area contributed by atoms with E-state index in [1.165, 1.54) is 4.90 Å². The SMILES string of the molecule is O=C1[C@@H]2CCCCN2C(=O)N1C[C@@H](O)c1ccc(C(F)(F)F)cc1. The highest BCUT2D eigenvalue weighted by molar-refractivity contribution is 6.04. The number of hydrogen-bond acceptors (Lipinski definition) is 3. The van der Waals surface area contributed by atoms with Crippen LogP contribution in [0.2, 0.25) is 0 Å². The van der Waals surface area contributed by atoms with Crippen LogP contribution in [0, 0.1) is 0 Å². The molecule has 1 aromatic carbocycles. The van der Waals surface area contributed by atoms with Crippen molar-refractivity contribution in [2.75, 3.05) is 13.1 Å². The predicted molar refractivity (Wildman–Crippen MR) is 77.9 cm³/mol. The van der Waals surface area contributed by atoms with E-state index in [2.05, 4.69) is 0 Å². The van der Waals surface area contributed by atoms with E-state index >= 15 is 0 Å². The fourth-order valence-corrected chi connectivity index (χ4v) is 3.19. The first kappa shape index (κ1) is 16.8. The summed E-state index contributed by atoms with van der Waals surface area (Å²) >= 11 is 0. The Morgan fingerprint density at radius 2 is 1.83 bits per heavy atom. The average Bonchev–Trinajstić information content (AvgIpc) is 2.79. The van der Waals surface area contributed by atoms with Gasteiger partial charge < -0.3 is 10.0 Å². The molecule has 2 saturated heterocycles. The Balaban J connectivity index is 1.71. The summed E-state index contributed by atoms with van der Waals surface area (Å²) in [5.41, 5.74) is -0.586. The fraction of sp³-hybridized carbons (Fsp3) is 0.500. The third-order valence-electron chi connectivity index (χ3n) is 4.51. The number of nitrogens with zero attached hydrogens (tertiary/aromatic N) is 2. The number of hydrogen-bond donors (Lipinski definition) is 1. The van der Waals surface area contributed by atoms with Crippen molar-refractivity contribution in [3.8, 4) is 0 Å². The van der Waals surface area contributed by atoms with Crippen molar-refractivity contribution in [2.45, 2.75) is 37.6 Å². The van der Waals surface area contributed by atoms with Crippen LogP contribution in [0.5, 0.6) is 0 Å². The molecule has 2 aliphatic rings. The van der Waals surface area contributed by atoms with Crippen LogP contribution < -0.4 is 0 Å². The number of aliphatic hydroxyl groups is 1. The van der Waals surface area contributed by atoms with E-state index in [1.807, 2.05) is 0 Å². The Labute approximate surface area is 136 Å². The Morgan fingerprint density at radius 3 is 2.42 bits per heavy atom. The van der Waals surface area contributed by atoms with E-state index in [0.717, 1.165) is 42.0 Å². The first-order valence-electron chi connectivity index (χ1n) is 7.76. The van der Waals surface area contributed by atoms with Crippen LogP contribution in [-0.4, -0.2) is 46.0 Å². The minimum atomic E-state index is -4.45. The fourth-order valence-electron chi connectivity index (χ4n) is 3.19. The van der Waals surface area contributed by atoms with Gasteiger partial charge in [0, 0.05) is 6.54 Å². The smallest absolute Gasteiger partial charge is 0.387 e. The number of urea groups is 1. The molecule has 0 spiro atoms. The molecule has 8 heteroatoms. The molecule has 3 amide bonds. The summed E-state index contributed by atoms with van der Waals surface area (Å²) in [6.07, 6.45) is -3.35. The molecule has 0 radical (unpaired) electrons. The van der Waals surface area contributed by atoms with Gasteiger partial charge in [0.1, 0.15) is 6.04 Å². The number of β-amino-alcohol motifs (C(OH)–C–C–N with tert-alkyl or cyclic N) is 1. The first-order chi connectivity index (χ1) is 11.3. The van der Waals surface area contributed by atoms with Crippen LogP contribution in [0.4, 0.5) is 18.0 Å². The van der Waals surface area contributed by atoms with Gasteiger partial charge in [-0.05, 0) is 37.0 Å². The molecule has 0 saturated carbocycles. The third-order valence-corrected chi connectivity index (χ3v) is 4.51. The average molecular weight is 342 g/mol. The van der Waals surface area contributed by atoms with Crippen LogP contribution in [0.3, 0.4) is 0 Å². The van der Waals surface area contributed by atoms with E-state index in [4.69, 9.17) is 0 Å². The van der Waals surface area contributed by atoms with Crippen LogP contribution in [-0.2, 0) is 11.0 Å². The largest absolute Gasteiger partial charge is 0.416 e. The first-order valence-corrected chi connectivity index (χ1v) is 7.76. The Hall–Kier alpha value is -2.09. The topological polar surface area (TPSA) is 60.9 Å². The molecule has 24 heavy (non-hydrogen) atoms. The molecule has 1 aromatic rings. The summed E-state index contributed by atoms with van der Waals surface area (Å²) in [5, 5.41) is 10.2. The number of fused-ring (bicyclic) bond motifs is 1. The number of amides is 3. The van der Waals surface area contributed by atoms with Crippen molar-refractivity contribution < 1.29 is 27.9 Å². The van der Waals surface area contributed by atoms with Crippen molar-refractivity contribution in [3.63, 3.8) is 0 Å². The number of rotatable bonds is 3. The molecule has 1 N–H and O–H groups in total. The molecular formula is C16H17F3N2O3. The molecule has 0 aromatic heterocycles. The van der Waals surface area contributed by atoms with Gasteiger partial charge in [0.15, 0.2) is 0 Å². The maximum atomic E-state index is 12.6. The second-order valence-corrected chi connectivity index (χ2v) is 6.07. The highest BCUT2D eigenvalue weighted by atomic mass is 19.4. The zero-order valence-corrected chi connectivity index (χ0v) is 12.8. The lowest BCUT2D eigenvalue weighted by Gasteiger charge is -2.26. The molecule has 2 aliphatic heterocycles. The number of piperidine rings is 1. The van der Waals surface area contributed by atoms with Gasteiger partial charge in [-0.25, -0.2) is 4.79 Å². The summed E-state index contributed by atoms with van der Waals surface area (Å²) in [5.74, 6) is -0.342. The Bertz CT molecular complexity index is 621. The molecular weight excluding hydrogens is 325 g/mol. The highest BCUT2D eigenvalue weighted by Gasteiger charge is 2.46. The van der Waals surface area contributed by atoms with Gasteiger partial charge in [-0.2, -0.15) is 13.2 Å². The summed E-state index contributed by atoms with van der Waals surface area (Å²) in [6.45, 7) is 0.262. The number of carbonyl (C=O) groups is 2. The van der Waals surface area contributed by atoms with E-state index in [-0.39, 0.29) is 18.0 Å². The molecule has 3 rings (SSSR count). The molecule has 0 unspecified atom stereocenters. The maximum Gasteiger partial charge on any atom is 0.416 e. The van der Waals surface area contributed by atoms with E-state index < -0.39 is 29.9 Å². The number of aliphatic hydroxyl groups excluding tert-OH is 1. The molecule has 2 heterocycles. The second-order valence-electron chi connectivity index (χ2n) is 6.07. The molecule has 130 valence electrons. The van der Waals surface area contributed by atoms with E-state index in [1.54, 1.807) is 0 Å². The summed E-state index contributed by atoms with van der Waals surface area (Å²) in [7, 11) is 0. The minimum absolute atomic E-state index is 0.230. The van der Waals surface area contributed by atoms with E-state index in [9.17, 15) is 27.9 Å². The molecule has 0 bridgehead atoms. The quantitative estimate of drug-likeness (QED) is 0.859. The number of benzene rings is 1.